The highest BCUT2D eigenvalue weighted by Crippen LogP contribution is 2.24. The number of hydrogen-bond acceptors (Lipinski definition) is 2. The average molecular weight is 136 g/mol. The van der Waals surface area contributed by atoms with E-state index in [9.17, 15) is 0 Å². The summed E-state index contributed by atoms with van der Waals surface area (Å²) < 4.78 is 5.21. The normalized spacial score (nSPS) is 13.3. The van der Waals surface area contributed by atoms with Crippen LogP contribution in [0.5, 0.6) is 5.75 Å². The molecule has 0 aromatic heterocycles. The molecule has 0 atom stereocenters. The van der Waals surface area contributed by atoms with E-state index in [0.717, 1.165) is 16.9 Å². The molecule has 1 aliphatic heterocycles. The van der Waals surface area contributed by atoms with Gasteiger partial charge in [-0.25, -0.2) is 0 Å². The second kappa shape index (κ2) is 1.99. The van der Waals surface area contributed by atoms with Gasteiger partial charge in [0.2, 0.25) is 0 Å². The molecule has 0 radical (unpaired) electrons. The van der Waals surface area contributed by atoms with Crippen LogP contribution < -0.4 is 4.74 Å². The molecule has 2 rings (SSSR count). The summed E-state index contributed by atoms with van der Waals surface area (Å²) in [6.45, 7) is 0.763. The van der Waals surface area contributed by atoms with E-state index in [4.69, 9.17) is 9.84 Å². The Morgan fingerprint density at radius 2 is 2.30 bits per heavy atom. The van der Waals surface area contributed by atoms with E-state index in [1.54, 1.807) is 0 Å². The van der Waals surface area contributed by atoms with Crippen LogP contribution in [0.25, 0.3) is 0 Å². The van der Waals surface area contributed by atoms with Gasteiger partial charge in [-0.1, -0.05) is 0 Å². The molecule has 0 aliphatic carbocycles. The lowest BCUT2D eigenvalue weighted by molar-refractivity contribution is 0.281. The molecule has 2 heteroatoms. The largest absolute Gasteiger partial charge is 0.489 e. The molecule has 1 aliphatic rings. The molecule has 0 saturated heterocycles. The lowest BCUT2D eigenvalue weighted by Gasteiger charge is -1.93. The van der Waals surface area contributed by atoms with Crippen molar-refractivity contribution in [2.45, 2.75) is 13.2 Å². The van der Waals surface area contributed by atoms with Crippen LogP contribution in [0.15, 0.2) is 18.2 Å². The zero-order chi connectivity index (χ0) is 6.97. The summed E-state index contributed by atoms with van der Waals surface area (Å²) in [6, 6.07) is 5.80. The molecule has 0 unspecified atom stereocenters. The van der Waals surface area contributed by atoms with Gasteiger partial charge in [0.05, 0.1) is 6.61 Å². The molecule has 2 bridgehead atoms. The number of benzene rings is 1. The van der Waals surface area contributed by atoms with Gasteiger partial charge in [-0.15, -0.1) is 0 Å². The Bertz CT molecular complexity index is 233. The first-order chi connectivity index (χ1) is 4.88. The minimum atomic E-state index is 0.101. The van der Waals surface area contributed by atoms with E-state index in [2.05, 4.69) is 0 Å². The maximum absolute atomic E-state index is 8.76. The fourth-order valence-electron chi connectivity index (χ4n) is 1.15. The van der Waals surface area contributed by atoms with Crippen molar-refractivity contribution in [3.63, 3.8) is 0 Å². The van der Waals surface area contributed by atoms with Crippen molar-refractivity contribution in [2.24, 2.45) is 0 Å². The van der Waals surface area contributed by atoms with E-state index < -0.39 is 0 Å². The average Bonchev–Trinajstić information content (AvgIpc) is 2.30. The predicted molar refractivity (Wildman–Crippen MR) is 36.7 cm³/mol. The van der Waals surface area contributed by atoms with Gasteiger partial charge in [-0.3, -0.25) is 0 Å². The van der Waals surface area contributed by atoms with Crippen LogP contribution >= 0.6 is 0 Å². The number of ether oxygens (including phenoxy) is 1. The Hall–Kier alpha value is -1.02. The van der Waals surface area contributed by atoms with Crippen molar-refractivity contribution in [1.29, 1.82) is 0 Å². The maximum Gasteiger partial charge on any atom is 0.120 e. The maximum atomic E-state index is 8.76. The van der Waals surface area contributed by atoms with Gasteiger partial charge in [-0.2, -0.15) is 0 Å². The van der Waals surface area contributed by atoms with Gasteiger partial charge in [0.1, 0.15) is 12.4 Å². The SMILES string of the molecule is OCc1cc2cc(c1)OC2. The van der Waals surface area contributed by atoms with Crippen LogP contribution in [0.3, 0.4) is 0 Å². The summed E-state index contributed by atoms with van der Waals surface area (Å²) in [5.41, 5.74) is 2.09. The van der Waals surface area contributed by atoms with Crippen molar-refractivity contribution in [2.75, 3.05) is 0 Å². The highest BCUT2D eigenvalue weighted by Gasteiger charge is 2.08. The summed E-state index contributed by atoms with van der Waals surface area (Å²) in [4.78, 5) is 0. The predicted octanol–water partition coefficient (Wildman–Crippen LogP) is 1.07. The van der Waals surface area contributed by atoms with Crippen LogP contribution in [0, 0.1) is 0 Å². The quantitative estimate of drug-likeness (QED) is 0.625. The van der Waals surface area contributed by atoms with Crippen LogP contribution in [-0.2, 0) is 13.2 Å². The number of aliphatic hydroxyl groups excluding tert-OH is 1. The molecule has 0 saturated carbocycles. The smallest absolute Gasteiger partial charge is 0.120 e. The first kappa shape index (κ1) is 5.74. The molecule has 0 spiro atoms. The summed E-state index contributed by atoms with van der Waals surface area (Å²) in [6.07, 6.45) is 0. The second-order valence-corrected chi connectivity index (χ2v) is 2.43. The van der Waals surface area contributed by atoms with Gasteiger partial charge in [0.15, 0.2) is 0 Å². The monoisotopic (exact) mass is 136 g/mol. The second-order valence-electron chi connectivity index (χ2n) is 2.43. The zero-order valence-corrected chi connectivity index (χ0v) is 5.50. The topological polar surface area (TPSA) is 29.5 Å². The molecule has 10 heavy (non-hydrogen) atoms. The third-order valence-electron chi connectivity index (χ3n) is 1.61. The minimum absolute atomic E-state index is 0.101. The minimum Gasteiger partial charge on any atom is -0.489 e. The highest BCUT2D eigenvalue weighted by atomic mass is 16.5. The van der Waals surface area contributed by atoms with Crippen LogP contribution in [0.4, 0.5) is 0 Å². The molecule has 1 N–H and O–H groups in total. The fourth-order valence-corrected chi connectivity index (χ4v) is 1.15. The summed E-state index contributed by atoms with van der Waals surface area (Å²) in [5.74, 6) is 0.876. The molecule has 1 heterocycles. The van der Waals surface area contributed by atoms with E-state index in [1.807, 2.05) is 18.2 Å². The Kier molecular flexibility index (Phi) is 1.14. The fraction of sp³-hybridized carbons (Fsp3) is 0.250. The van der Waals surface area contributed by atoms with Crippen molar-refractivity contribution in [3.05, 3.63) is 29.3 Å². The van der Waals surface area contributed by atoms with Gasteiger partial charge in [-0.05, 0) is 29.3 Å². The van der Waals surface area contributed by atoms with Crippen molar-refractivity contribution in [3.8, 4) is 5.75 Å². The summed E-state index contributed by atoms with van der Waals surface area (Å²) in [7, 11) is 0. The standard InChI is InChI=1S/C8H8O2/c9-4-6-1-7-3-8(2-6)10-5-7/h1-3,9H,4-5H2. The lowest BCUT2D eigenvalue weighted by atomic mass is 10.1. The number of rotatable bonds is 1. The van der Waals surface area contributed by atoms with Gasteiger partial charge in [0.25, 0.3) is 0 Å². The van der Waals surface area contributed by atoms with Crippen molar-refractivity contribution in [1.82, 2.24) is 0 Å². The molecule has 2 nitrogen and oxygen atoms in total. The van der Waals surface area contributed by atoms with Crippen molar-refractivity contribution >= 4 is 0 Å². The van der Waals surface area contributed by atoms with E-state index in [1.165, 1.54) is 0 Å². The Labute approximate surface area is 59.1 Å². The molecule has 0 fully saturated rings. The first-order valence-corrected chi connectivity index (χ1v) is 3.25. The molecule has 0 amide bonds. The lowest BCUT2D eigenvalue weighted by Crippen LogP contribution is -1.81. The number of hydrogen-bond donors (Lipinski definition) is 1. The first-order valence-electron chi connectivity index (χ1n) is 3.25. The number of fused-ring (bicyclic) bond motifs is 2. The Morgan fingerprint density at radius 3 is 3.00 bits per heavy atom. The van der Waals surface area contributed by atoms with E-state index >= 15 is 0 Å². The van der Waals surface area contributed by atoms with Crippen molar-refractivity contribution < 1.29 is 9.84 Å². The number of aliphatic hydroxyl groups is 1. The van der Waals surface area contributed by atoms with E-state index in [-0.39, 0.29) is 6.61 Å². The third-order valence-corrected chi connectivity index (χ3v) is 1.61. The third kappa shape index (κ3) is 0.772. The van der Waals surface area contributed by atoms with Gasteiger partial charge < -0.3 is 9.84 Å². The highest BCUT2D eigenvalue weighted by molar-refractivity contribution is 5.37. The summed E-state index contributed by atoms with van der Waals surface area (Å²) in [5, 5.41) is 8.76. The Morgan fingerprint density at radius 1 is 1.40 bits per heavy atom. The molecular formula is C8H8O2. The molecule has 1 aromatic carbocycles. The van der Waals surface area contributed by atoms with Gasteiger partial charge in [0, 0.05) is 0 Å². The van der Waals surface area contributed by atoms with Gasteiger partial charge >= 0.3 is 0 Å². The van der Waals surface area contributed by atoms with Crippen LogP contribution in [0.1, 0.15) is 11.1 Å². The zero-order valence-electron chi connectivity index (χ0n) is 5.50. The molecule has 52 valence electrons. The Balaban J connectivity index is 2.48. The van der Waals surface area contributed by atoms with Crippen LogP contribution in [-0.4, -0.2) is 5.11 Å². The van der Waals surface area contributed by atoms with E-state index in [0.29, 0.717) is 6.61 Å². The summed E-state index contributed by atoms with van der Waals surface area (Å²) >= 11 is 0. The molecule has 1 aromatic rings. The van der Waals surface area contributed by atoms with Crippen LogP contribution in [0.2, 0.25) is 0 Å². The molecular weight excluding hydrogens is 128 g/mol.